The lowest BCUT2D eigenvalue weighted by atomic mass is 10.1. The fourth-order valence-corrected chi connectivity index (χ4v) is 2.85. The number of benzene rings is 2. The number of fused-ring (bicyclic) bond motifs is 2. The summed E-state index contributed by atoms with van der Waals surface area (Å²) >= 11 is 0. The molecule has 0 N–H and O–H groups in total. The van der Waals surface area contributed by atoms with Gasteiger partial charge in [0, 0.05) is 16.3 Å². The molecule has 1 aliphatic rings. The van der Waals surface area contributed by atoms with Gasteiger partial charge >= 0.3 is 0 Å². The SMILES string of the molecule is Cc1cc2ccccc2c(C2=c3ccccc3=CC=CO2)n1. The van der Waals surface area contributed by atoms with Crippen LogP contribution in [0.1, 0.15) is 11.4 Å². The van der Waals surface area contributed by atoms with Crippen molar-refractivity contribution < 1.29 is 4.74 Å². The van der Waals surface area contributed by atoms with Crippen LogP contribution < -0.4 is 10.4 Å². The molecule has 4 rings (SSSR count). The Morgan fingerprint density at radius 2 is 1.77 bits per heavy atom. The predicted molar refractivity (Wildman–Crippen MR) is 89.4 cm³/mol. The summed E-state index contributed by atoms with van der Waals surface area (Å²) in [6, 6.07) is 18.6. The highest BCUT2D eigenvalue weighted by atomic mass is 16.5. The Labute approximate surface area is 128 Å². The van der Waals surface area contributed by atoms with Gasteiger partial charge in [0.1, 0.15) is 5.69 Å². The minimum Gasteiger partial charge on any atom is -0.462 e. The van der Waals surface area contributed by atoms with Crippen LogP contribution in [0.15, 0.2) is 66.9 Å². The monoisotopic (exact) mass is 285 g/mol. The molecule has 2 nitrogen and oxygen atoms in total. The first-order valence-electron chi connectivity index (χ1n) is 7.32. The van der Waals surface area contributed by atoms with Crippen LogP contribution >= 0.6 is 0 Å². The molecule has 0 saturated heterocycles. The molecule has 2 aromatic carbocycles. The van der Waals surface area contributed by atoms with E-state index in [4.69, 9.17) is 9.72 Å². The van der Waals surface area contributed by atoms with E-state index in [2.05, 4.69) is 36.4 Å². The molecule has 2 heterocycles. The fraction of sp³-hybridized carbons (Fsp3) is 0.0500. The van der Waals surface area contributed by atoms with Crippen molar-refractivity contribution in [2.45, 2.75) is 6.92 Å². The first-order valence-corrected chi connectivity index (χ1v) is 7.32. The lowest BCUT2D eigenvalue weighted by Crippen LogP contribution is -2.26. The lowest BCUT2D eigenvalue weighted by molar-refractivity contribution is 0.432. The fourth-order valence-electron chi connectivity index (χ4n) is 2.85. The first-order chi connectivity index (χ1) is 10.8. The Hall–Kier alpha value is -2.87. The average molecular weight is 285 g/mol. The Kier molecular flexibility index (Phi) is 3.01. The highest BCUT2D eigenvalue weighted by molar-refractivity contribution is 5.91. The summed E-state index contributed by atoms with van der Waals surface area (Å²) in [6.45, 7) is 2.01. The number of allylic oxidation sites excluding steroid dienone is 1. The van der Waals surface area contributed by atoms with Crippen LogP contribution in [-0.4, -0.2) is 4.98 Å². The molecule has 0 fully saturated rings. The maximum atomic E-state index is 5.92. The molecule has 0 spiro atoms. The molecule has 0 atom stereocenters. The molecular weight excluding hydrogens is 270 g/mol. The second kappa shape index (κ2) is 5.15. The van der Waals surface area contributed by atoms with E-state index in [1.54, 1.807) is 6.26 Å². The Bertz CT molecular complexity index is 1020. The van der Waals surface area contributed by atoms with Crippen molar-refractivity contribution in [3.05, 3.63) is 88.8 Å². The minimum atomic E-state index is 0.806. The van der Waals surface area contributed by atoms with E-state index < -0.39 is 0 Å². The number of rotatable bonds is 1. The zero-order valence-corrected chi connectivity index (χ0v) is 12.3. The van der Waals surface area contributed by atoms with Gasteiger partial charge < -0.3 is 4.74 Å². The summed E-state index contributed by atoms with van der Waals surface area (Å²) in [4.78, 5) is 4.76. The Morgan fingerprint density at radius 3 is 2.73 bits per heavy atom. The standard InChI is InChI=1S/C20H15NO/c1-14-13-16-8-3-4-10-17(16)19(21-14)20-18-11-5-2-7-15(18)9-6-12-22-20/h2-13H,1H3. The number of aromatic nitrogens is 1. The van der Waals surface area contributed by atoms with Crippen LogP contribution in [0.2, 0.25) is 0 Å². The van der Waals surface area contributed by atoms with Gasteiger partial charge in [0.15, 0.2) is 5.76 Å². The summed E-state index contributed by atoms with van der Waals surface area (Å²) in [6.07, 6.45) is 5.69. The van der Waals surface area contributed by atoms with E-state index in [0.29, 0.717) is 0 Å². The predicted octanol–water partition coefficient (Wildman–Crippen LogP) is 3.02. The molecule has 0 bridgehead atoms. The normalized spacial score (nSPS) is 13.2. The van der Waals surface area contributed by atoms with E-state index in [0.717, 1.165) is 33.0 Å². The van der Waals surface area contributed by atoms with Crippen LogP contribution in [0, 0.1) is 6.92 Å². The van der Waals surface area contributed by atoms with Gasteiger partial charge in [-0.25, -0.2) is 4.98 Å². The zero-order valence-electron chi connectivity index (χ0n) is 12.3. The molecule has 2 heteroatoms. The van der Waals surface area contributed by atoms with Crippen LogP contribution in [-0.2, 0) is 4.74 Å². The maximum Gasteiger partial charge on any atom is 0.160 e. The lowest BCUT2D eigenvalue weighted by Gasteiger charge is -2.10. The summed E-state index contributed by atoms with van der Waals surface area (Å²) in [7, 11) is 0. The number of hydrogen-bond donors (Lipinski definition) is 0. The zero-order chi connectivity index (χ0) is 14.9. The molecule has 0 amide bonds. The van der Waals surface area contributed by atoms with Crippen LogP contribution in [0.25, 0.3) is 22.6 Å². The van der Waals surface area contributed by atoms with E-state index in [-0.39, 0.29) is 0 Å². The number of ether oxygens (including phenoxy) is 1. The van der Waals surface area contributed by atoms with Crippen molar-refractivity contribution in [2.75, 3.05) is 0 Å². The van der Waals surface area contributed by atoms with Crippen molar-refractivity contribution >= 4 is 22.6 Å². The summed E-state index contributed by atoms with van der Waals surface area (Å²) in [5.41, 5.74) is 1.88. The molecule has 1 aromatic heterocycles. The minimum absolute atomic E-state index is 0.806. The summed E-state index contributed by atoms with van der Waals surface area (Å²) < 4.78 is 5.92. The van der Waals surface area contributed by atoms with Gasteiger partial charge in [-0.1, -0.05) is 54.6 Å². The molecule has 0 radical (unpaired) electrons. The largest absolute Gasteiger partial charge is 0.462 e. The molecule has 22 heavy (non-hydrogen) atoms. The maximum absolute atomic E-state index is 5.92. The Morgan fingerprint density at radius 1 is 0.955 bits per heavy atom. The Balaban J connectivity index is 2.16. The quantitative estimate of drug-likeness (QED) is 0.685. The van der Waals surface area contributed by atoms with E-state index in [1.165, 1.54) is 5.39 Å². The number of pyridine rings is 1. The highest BCUT2D eigenvalue weighted by Crippen LogP contribution is 2.24. The molecule has 0 aliphatic carbocycles. The van der Waals surface area contributed by atoms with E-state index in [9.17, 15) is 0 Å². The van der Waals surface area contributed by atoms with Gasteiger partial charge in [0.25, 0.3) is 0 Å². The third-order valence-corrected chi connectivity index (χ3v) is 3.83. The second-order valence-corrected chi connectivity index (χ2v) is 5.36. The third kappa shape index (κ3) is 2.09. The van der Waals surface area contributed by atoms with Crippen molar-refractivity contribution in [3.63, 3.8) is 0 Å². The number of hydrogen-bond acceptors (Lipinski definition) is 2. The van der Waals surface area contributed by atoms with Crippen LogP contribution in [0.5, 0.6) is 0 Å². The molecule has 0 unspecified atom stereocenters. The van der Waals surface area contributed by atoms with E-state index in [1.807, 2.05) is 37.3 Å². The van der Waals surface area contributed by atoms with Crippen LogP contribution in [0.3, 0.4) is 0 Å². The molecule has 106 valence electrons. The average Bonchev–Trinajstić information content (AvgIpc) is 2.76. The van der Waals surface area contributed by atoms with Gasteiger partial charge in [0.2, 0.25) is 0 Å². The molecular formula is C20H15NO. The van der Waals surface area contributed by atoms with Crippen molar-refractivity contribution in [2.24, 2.45) is 0 Å². The van der Waals surface area contributed by atoms with Gasteiger partial charge in [0.05, 0.1) is 6.26 Å². The second-order valence-electron chi connectivity index (χ2n) is 5.36. The van der Waals surface area contributed by atoms with Crippen molar-refractivity contribution in [3.8, 4) is 0 Å². The smallest absolute Gasteiger partial charge is 0.160 e. The van der Waals surface area contributed by atoms with Crippen molar-refractivity contribution in [1.82, 2.24) is 4.98 Å². The van der Waals surface area contributed by atoms with Gasteiger partial charge in [-0.15, -0.1) is 0 Å². The highest BCUT2D eigenvalue weighted by Gasteiger charge is 2.12. The topological polar surface area (TPSA) is 22.1 Å². The van der Waals surface area contributed by atoms with Crippen molar-refractivity contribution in [1.29, 1.82) is 0 Å². The van der Waals surface area contributed by atoms with E-state index >= 15 is 0 Å². The van der Waals surface area contributed by atoms with Gasteiger partial charge in [-0.3, -0.25) is 0 Å². The third-order valence-electron chi connectivity index (χ3n) is 3.83. The van der Waals surface area contributed by atoms with Crippen LogP contribution in [0.4, 0.5) is 0 Å². The molecule has 3 aromatic rings. The van der Waals surface area contributed by atoms with Gasteiger partial charge in [-0.05, 0) is 29.7 Å². The first kappa shape index (κ1) is 12.8. The summed E-state index contributed by atoms with van der Waals surface area (Å²) in [5.74, 6) is 0.806. The summed E-state index contributed by atoms with van der Waals surface area (Å²) in [5, 5.41) is 4.48. The van der Waals surface area contributed by atoms with Gasteiger partial charge in [-0.2, -0.15) is 0 Å². The number of nitrogens with zero attached hydrogens (tertiary/aromatic N) is 1. The number of aryl methyl sites for hydroxylation is 1. The molecule has 0 saturated carbocycles. The molecule has 1 aliphatic heterocycles.